The van der Waals surface area contributed by atoms with Crippen LogP contribution in [0.15, 0.2) is 12.1 Å². The number of fused-ring (bicyclic) bond motifs is 1. The van der Waals surface area contributed by atoms with Crippen molar-refractivity contribution in [2.45, 2.75) is 52.7 Å². The Hall–Kier alpha value is -2.24. The highest BCUT2D eigenvalue weighted by molar-refractivity contribution is 5.94. The van der Waals surface area contributed by atoms with E-state index in [9.17, 15) is 9.59 Å². The summed E-state index contributed by atoms with van der Waals surface area (Å²) in [5, 5.41) is 0. The second-order valence-electron chi connectivity index (χ2n) is 8.01. The van der Waals surface area contributed by atoms with E-state index >= 15 is 0 Å². The number of ether oxygens (including phenoxy) is 3. The standard InChI is InChI=1S/C20H27NO5/c1-13-16-12-25-18(22)15(16)5-6-17(13)24-11-14-7-9-21(10-8-14)19(23)26-20(2,3)4/h5-6,14H,7-12H2,1-4H3. The zero-order valence-corrected chi connectivity index (χ0v) is 16.0. The third-order valence-electron chi connectivity index (χ3n) is 4.86. The lowest BCUT2D eigenvalue weighted by atomic mass is 9.98. The number of amides is 1. The van der Waals surface area contributed by atoms with Crippen LogP contribution in [0.1, 0.15) is 55.1 Å². The molecule has 1 aromatic rings. The first kappa shape index (κ1) is 18.5. The first-order chi connectivity index (χ1) is 12.2. The summed E-state index contributed by atoms with van der Waals surface area (Å²) in [6, 6.07) is 3.62. The maximum atomic E-state index is 12.1. The predicted molar refractivity (Wildman–Crippen MR) is 96.3 cm³/mol. The van der Waals surface area contributed by atoms with Gasteiger partial charge < -0.3 is 19.1 Å². The van der Waals surface area contributed by atoms with Crippen molar-refractivity contribution >= 4 is 12.1 Å². The van der Waals surface area contributed by atoms with Crippen LogP contribution in [0.2, 0.25) is 0 Å². The SMILES string of the molecule is Cc1c(OCC2CCN(C(=O)OC(C)(C)C)CC2)ccc2c1COC2=O. The third-order valence-corrected chi connectivity index (χ3v) is 4.86. The highest BCUT2D eigenvalue weighted by atomic mass is 16.6. The monoisotopic (exact) mass is 361 g/mol. The van der Waals surface area contributed by atoms with Gasteiger partial charge in [0.1, 0.15) is 18.0 Å². The van der Waals surface area contributed by atoms with Crippen LogP contribution < -0.4 is 4.74 Å². The fourth-order valence-electron chi connectivity index (χ4n) is 3.30. The lowest BCUT2D eigenvalue weighted by Gasteiger charge is -2.33. The van der Waals surface area contributed by atoms with Crippen LogP contribution in [-0.4, -0.2) is 42.3 Å². The van der Waals surface area contributed by atoms with Crippen LogP contribution in [0, 0.1) is 12.8 Å². The Balaban J connectivity index is 1.50. The summed E-state index contributed by atoms with van der Waals surface area (Å²) in [7, 11) is 0. The lowest BCUT2D eigenvalue weighted by molar-refractivity contribution is 0.0164. The molecule has 3 rings (SSSR count). The van der Waals surface area contributed by atoms with Crippen molar-refractivity contribution in [3.05, 3.63) is 28.8 Å². The largest absolute Gasteiger partial charge is 0.493 e. The molecule has 1 amide bonds. The quantitative estimate of drug-likeness (QED) is 0.768. The van der Waals surface area contributed by atoms with Gasteiger partial charge in [0.05, 0.1) is 12.2 Å². The van der Waals surface area contributed by atoms with E-state index in [0.29, 0.717) is 37.8 Å². The fourth-order valence-corrected chi connectivity index (χ4v) is 3.30. The summed E-state index contributed by atoms with van der Waals surface area (Å²) in [4.78, 5) is 25.5. The number of cyclic esters (lactones) is 1. The number of likely N-dealkylation sites (tertiary alicyclic amines) is 1. The van der Waals surface area contributed by atoms with Crippen molar-refractivity contribution in [2.24, 2.45) is 5.92 Å². The minimum Gasteiger partial charge on any atom is -0.493 e. The predicted octanol–water partition coefficient (Wildman–Crippen LogP) is 3.69. The molecule has 0 saturated carbocycles. The van der Waals surface area contributed by atoms with Gasteiger partial charge in [-0.2, -0.15) is 0 Å². The molecule has 26 heavy (non-hydrogen) atoms. The van der Waals surface area contributed by atoms with Crippen LogP contribution >= 0.6 is 0 Å². The van der Waals surface area contributed by atoms with Gasteiger partial charge in [-0.05, 0) is 64.2 Å². The van der Waals surface area contributed by atoms with E-state index in [0.717, 1.165) is 29.7 Å². The van der Waals surface area contributed by atoms with E-state index in [1.165, 1.54) is 0 Å². The summed E-state index contributed by atoms with van der Waals surface area (Å²) >= 11 is 0. The van der Waals surface area contributed by atoms with Crippen LogP contribution in [-0.2, 0) is 16.1 Å². The number of hydrogen-bond donors (Lipinski definition) is 0. The summed E-state index contributed by atoms with van der Waals surface area (Å²) in [5.41, 5.74) is 2.07. The molecular weight excluding hydrogens is 334 g/mol. The molecule has 2 heterocycles. The van der Waals surface area contributed by atoms with Crippen molar-refractivity contribution < 1.29 is 23.8 Å². The van der Waals surface area contributed by atoms with Crippen molar-refractivity contribution in [3.8, 4) is 5.75 Å². The molecule has 1 aromatic carbocycles. The Bertz CT molecular complexity index is 699. The molecular formula is C20H27NO5. The molecule has 0 unspecified atom stereocenters. The average molecular weight is 361 g/mol. The minimum absolute atomic E-state index is 0.240. The van der Waals surface area contributed by atoms with Crippen molar-refractivity contribution in [3.63, 3.8) is 0 Å². The summed E-state index contributed by atoms with van der Waals surface area (Å²) in [6.45, 7) is 9.90. The van der Waals surface area contributed by atoms with Crippen LogP contribution in [0.5, 0.6) is 5.75 Å². The lowest BCUT2D eigenvalue weighted by Crippen LogP contribution is -2.42. The summed E-state index contributed by atoms with van der Waals surface area (Å²) in [5.74, 6) is 0.944. The first-order valence-electron chi connectivity index (χ1n) is 9.15. The number of esters is 1. The highest BCUT2D eigenvalue weighted by Gasteiger charge is 2.28. The number of piperidine rings is 1. The Morgan fingerprint density at radius 3 is 2.62 bits per heavy atom. The van der Waals surface area contributed by atoms with Crippen LogP contribution in [0.3, 0.4) is 0 Å². The van der Waals surface area contributed by atoms with Gasteiger partial charge in [0.15, 0.2) is 0 Å². The molecule has 6 heteroatoms. The van der Waals surface area contributed by atoms with E-state index in [2.05, 4.69) is 0 Å². The van der Waals surface area contributed by atoms with Crippen LogP contribution in [0.25, 0.3) is 0 Å². The summed E-state index contributed by atoms with van der Waals surface area (Å²) < 4.78 is 16.5. The Morgan fingerprint density at radius 1 is 1.27 bits per heavy atom. The maximum absolute atomic E-state index is 12.1. The fraction of sp³-hybridized carbons (Fsp3) is 0.600. The van der Waals surface area contributed by atoms with Crippen molar-refractivity contribution in [1.29, 1.82) is 0 Å². The van der Waals surface area contributed by atoms with Gasteiger partial charge in [-0.15, -0.1) is 0 Å². The molecule has 142 valence electrons. The molecule has 0 radical (unpaired) electrons. The van der Waals surface area contributed by atoms with Gasteiger partial charge >= 0.3 is 12.1 Å². The molecule has 0 atom stereocenters. The molecule has 0 N–H and O–H groups in total. The van der Waals surface area contributed by atoms with E-state index in [-0.39, 0.29) is 12.1 Å². The van der Waals surface area contributed by atoms with Gasteiger partial charge in [-0.25, -0.2) is 9.59 Å². The topological polar surface area (TPSA) is 65.1 Å². The number of hydrogen-bond acceptors (Lipinski definition) is 5. The maximum Gasteiger partial charge on any atom is 0.410 e. The molecule has 2 aliphatic rings. The van der Waals surface area contributed by atoms with Gasteiger partial charge in [-0.1, -0.05) is 0 Å². The number of nitrogens with zero attached hydrogens (tertiary/aromatic N) is 1. The number of benzene rings is 1. The second kappa shape index (κ2) is 7.17. The molecule has 1 saturated heterocycles. The zero-order valence-electron chi connectivity index (χ0n) is 16.0. The van der Waals surface area contributed by atoms with Crippen molar-refractivity contribution in [2.75, 3.05) is 19.7 Å². The van der Waals surface area contributed by atoms with Crippen LogP contribution in [0.4, 0.5) is 4.79 Å². The van der Waals surface area contributed by atoms with E-state index < -0.39 is 5.60 Å². The average Bonchev–Trinajstić information content (AvgIpc) is 2.95. The molecule has 2 aliphatic heterocycles. The van der Waals surface area contributed by atoms with E-state index in [1.807, 2.05) is 33.8 Å². The Labute approximate surface area is 154 Å². The number of carbonyl (C=O) groups is 2. The number of rotatable bonds is 3. The normalized spacial score (nSPS) is 17.7. The zero-order chi connectivity index (χ0) is 18.9. The minimum atomic E-state index is -0.465. The molecule has 0 spiro atoms. The smallest absolute Gasteiger partial charge is 0.410 e. The van der Waals surface area contributed by atoms with Gasteiger partial charge in [0.2, 0.25) is 0 Å². The Morgan fingerprint density at radius 2 is 1.96 bits per heavy atom. The molecule has 6 nitrogen and oxygen atoms in total. The molecule has 0 bridgehead atoms. The van der Waals surface area contributed by atoms with Gasteiger partial charge in [0.25, 0.3) is 0 Å². The molecule has 0 aromatic heterocycles. The van der Waals surface area contributed by atoms with E-state index in [1.54, 1.807) is 11.0 Å². The summed E-state index contributed by atoms with van der Waals surface area (Å²) in [6.07, 6.45) is 1.55. The van der Waals surface area contributed by atoms with Gasteiger partial charge in [0, 0.05) is 18.7 Å². The second-order valence-corrected chi connectivity index (χ2v) is 8.01. The Kier molecular flexibility index (Phi) is 5.12. The van der Waals surface area contributed by atoms with E-state index in [4.69, 9.17) is 14.2 Å². The van der Waals surface area contributed by atoms with Gasteiger partial charge in [-0.3, -0.25) is 0 Å². The first-order valence-corrected chi connectivity index (χ1v) is 9.15. The third kappa shape index (κ3) is 4.11. The molecule has 0 aliphatic carbocycles. The highest BCUT2D eigenvalue weighted by Crippen LogP contribution is 2.31. The molecule has 1 fully saturated rings. The van der Waals surface area contributed by atoms with Crippen molar-refractivity contribution in [1.82, 2.24) is 4.90 Å². The number of carbonyl (C=O) groups excluding carboxylic acids is 2.